The first-order valence-corrected chi connectivity index (χ1v) is 8.43. The van der Waals surface area contributed by atoms with Gasteiger partial charge in [0, 0.05) is 45.1 Å². The van der Waals surface area contributed by atoms with E-state index >= 15 is 0 Å². The Bertz CT molecular complexity index is 630. The predicted molar refractivity (Wildman–Crippen MR) is 91.0 cm³/mol. The molecule has 9 heteroatoms. The van der Waals surface area contributed by atoms with Crippen LogP contribution in [-0.2, 0) is 4.79 Å². The first-order valence-electron chi connectivity index (χ1n) is 8.43. The van der Waals surface area contributed by atoms with Crippen LogP contribution < -0.4 is 10.2 Å². The topological polar surface area (TPSA) is 102 Å². The van der Waals surface area contributed by atoms with Gasteiger partial charge in [-0.15, -0.1) is 0 Å². The van der Waals surface area contributed by atoms with Crippen LogP contribution >= 0.6 is 0 Å². The third-order valence-corrected chi connectivity index (χ3v) is 4.51. The number of nitrogens with one attached hydrogen (secondary N) is 1. The van der Waals surface area contributed by atoms with E-state index < -0.39 is 17.7 Å². The fourth-order valence-corrected chi connectivity index (χ4v) is 3.14. The minimum absolute atomic E-state index is 0.0100. The Morgan fingerprint density at radius 3 is 2.36 bits per heavy atom. The molecule has 0 bridgehead atoms. The van der Waals surface area contributed by atoms with Crippen LogP contribution in [0.3, 0.4) is 0 Å². The standard InChI is InChI=1S/C16H24N6O3/c1-16(2)13(24)22(15(25)19-16)11-12(23)10-20-6-8-21(9-7-20)14-17-4-3-5-18-14/h3-5,12,23H,6-11H2,1-2H3,(H,19,25). The normalized spacial score (nSPS) is 22.2. The molecule has 3 heterocycles. The van der Waals surface area contributed by atoms with Gasteiger partial charge in [0.25, 0.3) is 5.91 Å². The van der Waals surface area contributed by atoms with Gasteiger partial charge in [-0.1, -0.05) is 0 Å². The SMILES string of the molecule is CC1(C)NC(=O)N(CC(O)CN2CCN(c3ncccn3)CC2)C1=O. The molecule has 0 spiro atoms. The maximum atomic E-state index is 12.2. The number of hydrogen-bond acceptors (Lipinski definition) is 7. The van der Waals surface area contributed by atoms with Crippen LogP contribution in [0.5, 0.6) is 0 Å². The molecule has 2 fully saturated rings. The molecule has 1 unspecified atom stereocenters. The Morgan fingerprint density at radius 1 is 1.16 bits per heavy atom. The lowest BCUT2D eigenvalue weighted by molar-refractivity contribution is -0.131. The zero-order valence-electron chi connectivity index (χ0n) is 14.6. The van der Waals surface area contributed by atoms with Gasteiger partial charge in [0.15, 0.2) is 0 Å². The number of hydrogen-bond donors (Lipinski definition) is 2. The second-order valence-electron chi connectivity index (χ2n) is 6.96. The summed E-state index contributed by atoms with van der Waals surface area (Å²) in [6.07, 6.45) is 2.67. The first-order chi connectivity index (χ1) is 11.9. The van der Waals surface area contributed by atoms with Gasteiger partial charge in [-0.3, -0.25) is 14.6 Å². The van der Waals surface area contributed by atoms with Crippen molar-refractivity contribution in [3.05, 3.63) is 18.5 Å². The number of anilines is 1. The van der Waals surface area contributed by atoms with Crippen molar-refractivity contribution in [2.75, 3.05) is 44.2 Å². The summed E-state index contributed by atoms with van der Waals surface area (Å²) in [6.45, 7) is 6.81. The molecule has 2 aliphatic heterocycles. The van der Waals surface area contributed by atoms with Gasteiger partial charge in [-0.2, -0.15) is 0 Å². The van der Waals surface area contributed by atoms with E-state index in [0.29, 0.717) is 12.5 Å². The molecule has 3 amide bonds. The minimum atomic E-state index is -0.905. The Hall–Kier alpha value is -2.26. The number of aliphatic hydroxyl groups excluding tert-OH is 1. The van der Waals surface area contributed by atoms with Crippen molar-refractivity contribution in [1.29, 1.82) is 0 Å². The fraction of sp³-hybridized carbons (Fsp3) is 0.625. The summed E-state index contributed by atoms with van der Waals surface area (Å²) in [5.41, 5.74) is -0.905. The molecule has 136 valence electrons. The number of amides is 3. The van der Waals surface area contributed by atoms with Crippen molar-refractivity contribution in [3.8, 4) is 0 Å². The smallest absolute Gasteiger partial charge is 0.325 e. The van der Waals surface area contributed by atoms with E-state index in [1.807, 2.05) is 0 Å². The number of piperazine rings is 1. The summed E-state index contributed by atoms with van der Waals surface area (Å²) in [7, 11) is 0. The largest absolute Gasteiger partial charge is 0.390 e. The van der Waals surface area contributed by atoms with Crippen LogP contribution in [0.15, 0.2) is 18.5 Å². The minimum Gasteiger partial charge on any atom is -0.390 e. The molecule has 2 aliphatic rings. The third-order valence-electron chi connectivity index (χ3n) is 4.51. The molecule has 2 N–H and O–H groups in total. The summed E-state index contributed by atoms with van der Waals surface area (Å²) in [5, 5.41) is 12.9. The van der Waals surface area contributed by atoms with Crippen LogP contribution in [-0.4, -0.2) is 87.7 Å². The van der Waals surface area contributed by atoms with E-state index in [2.05, 4.69) is 25.1 Å². The molecule has 0 saturated carbocycles. The fourth-order valence-electron chi connectivity index (χ4n) is 3.14. The number of rotatable bonds is 5. The average Bonchev–Trinajstić information content (AvgIpc) is 2.78. The summed E-state index contributed by atoms with van der Waals surface area (Å²) >= 11 is 0. The number of carbonyl (C=O) groups is 2. The van der Waals surface area contributed by atoms with Crippen LogP contribution in [0.2, 0.25) is 0 Å². The Labute approximate surface area is 146 Å². The molecule has 1 aromatic rings. The van der Waals surface area contributed by atoms with Crippen molar-refractivity contribution in [1.82, 2.24) is 25.1 Å². The van der Waals surface area contributed by atoms with E-state index in [4.69, 9.17) is 0 Å². The van der Waals surface area contributed by atoms with Gasteiger partial charge in [-0.25, -0.2) is 14.8 Å². The highest BCUT2D eigenvalue weighted by molar-refractivity contribution is 6.06. The Kier molecular flexibility index (Phi) is 4.87. The molecular weight excluding hydrogens is 324 g/mol. The maximum Gasteiger partial charge on any atom is 0.325 e. The third kappa shape index (κ3) is 3.88. The van der Waals surface area contributed by atoms with Crippen LogP contribution in [0.4, 0.5) is 10.7 Å². The number of aromatic nitrogens is 2. The lowest BCUT2D eigenvalue weighted by atomic mass is 10.1. The van der Waals surface area contributed by atoms with Crippen LogP contribution in [0, 0.1) is 0 Å². The van der Waals surface area contributed by atoms with Gasteiger partial charge < -0.3 is 15.3 Å². The summed E-state index contributed by atoms with van der Waals surface area (Å²) in [4.78, 5) is 37.8. The lowest BCUT2D eigenvalue weighted by Crippen LogP contribution is -2.51. The van der Waals surface area contributed by atoms with Crippen molar-refractivity contribution in [3.63, 3.8) is 0 Å². The summed E-state index contributed by atoms with van der Waals surface area (Å²) in [5.74, 6) is 0.409. The van der Waals surface area contributed by atoms with E-state index in [-0.39, 0.29) is 12.5 Å². The van der Waals surface area contributed by atoms with Gasteiger partial charge in [0.2, 0.25) is 5.95 Å². The molecule has 0 aliphatic carbocycles. The predicted octanol–water partition coefficient (Wildman–Crippen LogP) is -0.710. The van der Waals surface area contributed by atoms with Gasteiger partial charge in [0.1, 0.15) is 5.54 Å². The summed E-state index contributed by atoms with van der Waals surface area (Å²) < 4.78 is 0. The number of β-amino-alcohol motifs (C(OH)–C–C–N with tert-alkyl or cyclic N) is 1. The molecule has 0 aromatic carbocycles. The van der Waals surface area contributed by atoms with Gasteiger partial charge in [0.05, 0.1) is 12.6 Å². The highest BCUT2D eigenvalue weighted by Crippen LogP contribution is 2.17. The maximum absolute atomic E-state index is 12.2. The quantitative estimate of drug-likeness (QED) is 0.678. The van der Waals surface area contributed by atoms with E-state index in [0.717, 1.165) is 31.1 Å². The monoisotopic (exact) mass is 348 g/mol. The number of imide groups is 1. The van der Waals surface area contributed by atoms with Crippen molar-refractivity contribution in [2.24, 2.45) is 0 Å². The van der Waals surface area contributed by atoms with Crippen molar-refractivity contribution in [2.45, 2.75) is 25.5 Å². The Morgan fingerprint density at radius 2 is 1.80 bits per heavy atom. The van der Waals surface area contributed by atoms with E-state index in [9.17, 15) is 14.7 Å². The van der Waals surface area contributed by atoms with Crippen LogP contribution in [0.1, 0.15) is 13.8 Å². The van der Waals surface area contributed by atoms with E-state index in [1.165, 1.54) is 0 Å². The first kappa shape index (κ1) is 17.6. The molecule has 2 saturated heterocycles. The molecule has 3 rings (SSSR count). The van der Waals surface area contributed by atoms with E-state index in [1.54, 1.807) is 32.3 Å². The highest BCUT2D eigenvalue weighted by Gasteiger charge is 2.44. The number of aliphatic hydroxyl groups is 1. The second kappa shape index (κ2) is 6.93. The number of urea groups is 1. The lowest BCUT2D eigenvalue weighted by Gasteiger charge is -2.35. The summed E-state index contributed by atoms with van der Waals surface area (Å²) in [6, 6.07) is 1.34. The van der Waals surface area contributed by atoms with Crippen LogP contribution in [0.25, 0.3) is 0 Å². The van der Waals surface area contributed by atoms with Gasteiger partial charge >= 0.3 is 6.03 Å². The Balaban J connectivity index is 1.48. The molecular formula is C16H24N6O3. The highest BCUT2D eigenvalue weighted by atomic mass is 16.3. The zero-order chi connectivity index (χ0) is 18.0. The zero-order valence-corrected chi connectivity index (χ0v) is 14.6. The van der Waals surface area contributed by atoms with Crippen molar-refractivity contribution >= 4 is 17.9 Å². The molecule has 0 radical (unpaired) electrons. The number of nitrogens with zero attached hydrogens (tertiary/aromatic N) is 5. The van der Waals surface area contributed by atoms with Crippen molar-refractivity contribution < 1.29 is 14.7 Å². The average molecular weight is 348 g/mol. The molecule has 1 atom stereocenters. The molecule has 9 nitrogen and oxygen atoms in total. The second-order valence-corrected chi connectivity index (χ2v) is 6.96. The van der Waals surface area contributed by atoms with Gasteiger partial charge in [-0.05, 0) is 19.9 Å². The molecule has 25 heavy (non-hydrogen) atoms. The molecule has 1 aromatic heterocycles. The number of carbonyl (C=O) groups excluding carboxylic acids is 2.